The predicted octanol–water partition coefficient (Wildman–Crippen LogP) is 0.408. The van der Waals surface area contributed by atoms with Crippen molar-refractivity contribution in [3.63, 3.8) is 0 Å². The lowest BCUT2D eigenvalue weighted by Gasteiger charge is -2.26. The van der Waals surface area contributed by atoms with Gasteiger partial charge in [-0.3, -0.25) is 9.69 Å². The van der Waals surface area contributed by atoms with Crippen molar-refractivity contribution in [2.75, 3.05) is 13.1 Å². The Labute approximate surface area is 84.5 Å². The van der Waals surface area contributed by atoms with Crippen LogP contribution in [0.4, 0.5) is 0 Å². The lowest BCUT2D eigenvalue weighted by atomic mass is 9.99. The first-order chi connectivity index (χ1) is 6.43. The van der Waals surface area contributed by atoms with Crippen molar-refractivity contribution in [2.45, 2.75) is 32.9 Å². The molecule has 0 bridgehead atoms. The Morgan fingerprint density at radius 1 is 1.43 bits per heavy atom. The van der Waals surface area contributed by atoms with Crippen LogP contribution in [0.3, 0.4) is 0 Å². The molecule has 1 aliphatic rings. The molecule has 1 heterocycles. The molecule has 0 aromatic carbocycles. The van der Waals surface area contributed by atoms with Gasteiger partial charge in [-0.15, -0.1) is 0 Å². The molecule has 82 valence electrons. The molecule has 0 aliphatic carbocycles. The summed E-state index contributed by atoms with van der Waals surface area (Å²) in [7, 11) is 0. The molecule has 4 nitrogen and oxygen atoms in total. The molecular weight excluding hydrogens is 182 g/mol. The van der Waals surface area contributed by atoms with Crippen molar-refractivity contribution >= 4 is 5.97 Å². The number of carboxylic acids is 1. The smallest absolute Gasteiger partial charge is 0.308 e. The zero-order chi connectivity index (χ0) is 10.9. The largest absolute Gasteiger partial charge is 0.481 e. The Balaban J connectivity index is 2.58. The Bertz CT molecular complexity index is 217. The summed E-state index contributed by atoms with van der Waals surface area (Å²) in [4.78, 5) is 12.9. The highest BCUT2D eigenvalue weighted by atomic mass is 16.4. The molecule has 2 N–H and O–H groups in total. The van der Waals surface area contributed by atoms with E-state index in [4.69, 9.17) is 5.11 Å². The number of aliphatic hydroxyl groups excluding tert-OH is 1. The summed E-state index contributed by atoms with van der Waals surface area (Å²) in [5.74, 6) is -0.831. The minimum atomic E-state index is -0.724. The molecule has 4 heteroatoms. The first-order valence-corrected chi connectivity index (χ1v) is 5.08. The predicted molar refractivity (Wildman–Crippen MR) is 53.0 cm³/mol. The van der Waals surface area contributed by atoms with Gasteiger partial charge in [0.05, 0.1) is 12.0 Å². The van der Waals surface area contributed by atoms with E-state index in [1.807, 2.05) is 18.7 Å². The van der Waals surface area contributed by atoms with E-state index in [0.29, 0.717) is 6.54 Å². The maximum atomic E-state index is 10.9. The summed E-state index contributed by atoms with van der Waals surface area (Å²) in [5, 5.41) is 18.3. The molecule has 0 aromatic rings. The van der Waals surface area contributed by atoms with Crippen molar-refractivity contribution in [3.8, 4) is 0 Å². The van der Waals surface area contributed by atoms with Crippen LogP contribution < -0.4 is 0 Å². The third kappa shape index (κ3) is 2.25. The minimum Gasteiger partial charge on any atom is -0.481 e. The van der Waals surface area contributed by atoms with Gasteiger partial charge in [-0.05, 0) is 19.8 Å². The minimum absolute atomic E-state index is 0.0433. The molecule has 0 saturated carbocycles. The molecule has 1 aliphatic heterocycles. The van der Waals surface area contributed by atoms with E-state index in [-0.39, 0.29) is 17.9 Å². The first-order valence-electron chi connectivity index (χ1n) is 5.08. The van der Waals surface area contributed by atoms with Crippen LogP contribution >= 0.6 is 0 Å². The average Bonchev–Trinajstić information content (AvgIpc) is 2.45. The maximum Gasteiger partial charge on any atom is 0.308 e. The summed E-state index contributed by atoms with van der Waals surface area (Å²) < 4.78 is 0. The fraction of sp³-hybridized carbons (Fsp3) is 0.900. The maximum absolute atomic E-state index is 10.9. The normalized spacial score (nSPS) is 32.9. The summed E-state index contributed by atoms with van der Waals surface area (Å²) in [6.07, 6.45) is -0.408. The van der Waals surface area contributed by atoms with Crippen LogP contribution in [0.2, 0.25) is 0 Å². The molecule has 0 radical (unpaired) electrons. The molecule has 1 fully saturated rings. The van der Waals surface area contributed by atoms with Crippen LogP contribution in [-0.2, 0) is 4.79 Å². The second-order valence-corrected chi connectivity index (χ2v) is 4.36. The van der Waals surface area contributed by atoms with Gasteiger partial charge in [-0.1, -0.05) is 6.92 Å². The molecule has 4 unspecified atom stereocenters. The van der Waals surface area contributed by atoms with Crippen molar-refractivity contribution in [1.82, 2.24) is 4.90 Å². The van der Waals surface area contributed by atoms with Gasteiger partial charge in [0, 0.05) is 19.1 Å². The van der Waals surface area contributed by atoms with Crippen LogP contribution in [0.25, 0.3) is 0 Å². The lowest BCUT2D eigenvalue weighted by Crippen LogP contribution is -2.39. The van der Waals surface area contributed by atoms with Gasteiger partial charge in [0.15, 0.2) is 0 Å². The van der Waals surface area contributed by atoms with E-state index >= 15 is 0 Å². The van der Waals surface area contributed by atoms with Gasteiger partial charge in [-0.2, -0.15) is 0 Å². The number of rotatable bonds is 3. The van der Waals surface area contributed by atoms with Gasteiger partial charge < -0.3 is 10.2 Å². The molecule has 4 atom stereocenters. The second-order valence-electron chi connectivity index (χ2n) is 4.36. The second kappa shape index (κ2) is 4.28. The van der Waals surface area contributed by atoms with E-state index in [0.717, 1.165) is 6.54 Å². The number of aliphatic hydroxyl groups is 1. The fourth-order valence-electron chi connectivity index (χ4n) is 1.96. The van der Waals surface area contributed by atoms with Gasteiger partial charge in [0.1, 0.15) is 0 Å². The highest BCUT2D eigenvalue weighted by molar-refractivity contribution is 5.71. The van der Waals surface area contributed by atoms with Gasteiger partial charge in [0.25, 0.3) is 0 Å². The Morgan fingerprint density at radius 3 is 2.36 bits per heavy atom. The number of nitrogens with zero attached hydrogens (tertiary/aromatic N) is 1. The van der Waals surface area contributed by atoms with Gasteiger partial charge in [-0.25, -0.2) is 0 Å². The van der Waals surface area contributed by atoms with Crippen molar-refractivity contribution in [1.29, 1.82) is 0 Å². The highest BCUT2D eigenvalue weighted by Gasteiger charge is 2.37. The average molecular weight is 201 g/mol. The number of carbonyl (C=O) groups is 1. The van der Waals surface area contributed by atoms with Crippen molar-refractivity contribution in [2.24, 2.45) is 11.8 Å². The highest BCUT2D eigenvalue weighted by Crippen LogP contribution is 2.25. The molecule has 1 rings (SSSR count). The van der Waals surface area contributed by atoms with Gasteiger partial charge >= 0.3 is 5.97 Å². The van der Waals surface area contributed by atoms with Crippen LogP contribution in [-0.4, -0.2) is 46.3 Å². The van der Waals surface area contributed by atoms with Crippen molar-refractivity contribution in [3.05, 3.63) is 0 Å². The molecule has 1 saturated heterocycles. The molecule has 14 heavy (non-hydrogen) atoms. The standard InChI is InChI=1S/C10H19NO3/c1-6-4-11(7(2)8(3)12)5-9(6)10(13)14/h6-9,12H,4-5H2,1-3H3,(H,13,14). The topological polar surface area (TPSA) is 60.8 Å². The third-order valence-corrected chi connectivity index (χ3v) is 3.23. The summed E-state index contributed by atoms with van der Waals surface area (Å²) in [6.45, 7) is 6.95. The van der Waals surface area contributed by atoms with E-state index < -0.39 is 12.1 Å². The number of hydrogen-bond acceptors (Lipinski definition) is 3. The zero-order valence-corrected chi connectivity index (χ0v) is 8.97. The number of carboxylic acid groups (broad SMARTS) is 1. The van der Waals surface area contributed by atoms with Crippen LogP contribution in [0.5, 0.6) is 0 Å². The summed E-state index contributed by atoms with van der Waals surface area (Å²) >= 11 is 0. The quantitative estimate of drug-likeness (QED) is 0.694. The molecule has 0 aromatic heterocycles. The fourth-order valence-corrected chi connectivity index (χ4v) is 1.96. The first kappa shape index (κ1) is 11.5. The van der Waals surface area contributed by atoms with Gasteiger partial charge in [0.2, 0.25) is 0 Å². The summed E-state index contributed by atoms with van der Waals surface area (Å²) in [5.41, 5.74) is 0. The zero-order valence-electron chi connectivity index (χ0n) is 8.97. The summed E-state index contributed by atoms with van der Waals surface area (Å²) in [6, 6.07) is 0.0433. The molecular formula is C10H19NO3. The Morgan fingerprint density at radius 2 is 2.00 bits per heavy atom. The molecule has 0 spiro atoms. The van der Waals surface area contributed by atoms with Crippen LogP contribution in [0, 0.1) is 11.8 Å². The van der Waals surface area contributed by atoms with Crippen LogP contribution in [0.15, 0.2) is 0 Å². The SMILES string of the molecule is CC(O)C(C)N1CC(C)C(C(=O)O)C1. The van der Waals surface area contributed by atoms with E-state index in [2.05, 4.69) is 0 Å². The van der Waals surface area contributed by atoms with Crippen LogP contribution in [0.1, 0.15) is 20.8 Å². The number of aliphatic carboxylic acids is 1. The number of likely N-dealkylation sites (tertiary alicyclic amines) is 1. The van der Waals surface area contributed by atoms with E-state index in [1.54, 1.807) is 6.92 Å². The third-order valence-electron chi connectivity index (χ3n) is 3.23. The monoisotopic (exact) mass is 201 g/mol. The Kier molecular flexibility index (Phi) is 3.50. The van der Waals surface area contributed by atoms with E-state index in [9.17, 15) is 9.90 Å². The Hall–Kier alpha value is -0.610. The van der Waals surface area contributed by atoms with Crippen molar-refractivity contribution < 1.29 is 15.0 Å². The number of hydrogen-bond donors (Lipinski definition) is 2. The van der Waals surface area contributed by atoms with E-state index in [1.165, 1.54) is 0 Å². The molecule has 0 amide bonds. The lowest BCUT2D eigenvalue weighted by molar-refractivity contribution is -0.142.